The van der Waals surface area contributed by atoms with Crippen molar-refractivity contribution in [2.75, 3.05) is 6.54 Å². The van der Waals surface area contributed by atoms with Gasteiger partial charge in [0.25, 0.3) is 0 Å². The van der Waals surface area contributed by atoms with Crippen molar-refractivity contribution in [2.45, 2.75) is 20.4 Å². The van der Waals surface area contributed by atoms with E-state index in [9.17, 15) is 0 Å². The molecule has 5 nitrogen and oxygen atoms in total. The van der Waals surface area contributed by atoms with Gasteiger partial charge in [-0.1, -0.05) is 6.92 Å². The lowest BCUT2D eigenvalue weighted by Crippen LogP contribution is -2.15. The lowest BCUT2D eigenvalue weighted by molar-refractivity contribution is 0.703. The average Bonchev–Trinajstić information content (AvgIpc) is 2.75. The van der Waals surface area contributed by atoms with Crippen molar-refractivity contribution in [3.8, 4) is 11.6 Å². The Kier molecular flexibility index (Phi) is 3.49. The van der Waals surface area contributed by atoms with E-state index < -0.39 is 0 Å². The molecule has 17 heavy (non-hydrogen) atoms. The second kappa shape index (κ2) is 5.05. The highest BCUT2D eigenvalue weighted by Gasteiger charge is 2.09. The fourth-order valence-electron chi connectivity index (χ4n) is 1.59. The molecule has 0 spiro atoms. The van der Waals surface area contributed by atoms with Crippen LogP contribution in [0.4, 0.5) is 0 Å². The van der Waals surface area contributed by atoms with E-state index in [1.165, 1.54) is 0 Å². The van der Waals surface area contributed by atoms with Gasteiger partial charge in [-0.05, 0) is 19.0 Å². The van der Waals surface area contributed by atoms with Crippen molar-refractivity contribution in [1.82, 2.24) is 24.8 Å². The number of rotatable bonds is 4. The van der Waals surface area contributed by atoms with Crippen molar-refractivity contribution >= 4 is 0 Å². The van der Waals surface area contributed by atoms with Gasteiger partial charge in [0.1, 0.15) is 0 Å². The van der Waals surface area contributed by atoms with Gasteiger partial charge in [-0.15, -0.1) is 0 Å². The van der Waals surface area contributed by atoms with Gasteiger partial charge in [-0.2, -0.15) is 0 Å². The largest absolute Gasteiger partial charge is 0.331 e. The molecule has 0 saturated heterocycles. The zero-order valence-corrected chi connectivity index (χ0v) is 10.4. The first kappa shape index (κ1) is 11.7. The molecule has 0 amide bonds. The summed E-state index contributed by atoms with van der Waals surface area (Å²) in [5.41, 5.74) is 2.13. The number of hydrogen-bond donors (Lipinski definition) is 1. The Hall–Kier alpha value is -1.75. The normalized spacial score (nSPS) is 10.8. The molecule has 0 bridgehead atoms. The van der Waals surface area contributed by atoms with Crippen LogP contribution in [0.3, 0.4) is 0 Å². The third kappa shape index (κ3) is 2.50. The van der Waals surface area contributed by atoms with Gasteiger partial charge in [0, 0.05) is 32.2 Å². The van der Waals surface area contributed by atoms with Crippen LogP contribution >= 0.6 is 0 Å². The zero-order chi connectivity index (χ0) is 12.3. The molecule has 0 saturated carbocycles. The Bertz CT molecular complexity index is 503. The Morgan fingerprint density at radius 2 is 2.18 bits per heavy atom. The first-order valence-electron chi connectivity index (χ1n) is 5.73. The van der Waals surface area contributed by atoms with E-state index in [4.69, 9.17) is 0 Å². The molecule has 5 heteroatoms. The van der Waals surface area contributed by atoms with Gasteiger partial charge in [0.15, 0.2) is 11.6 Å². The van der Waals surface area contributed by atoms with E-state index in [0.717, 1.165) is 30.2 Å². The standard InChI is InChI=1S/C12H17N5/c1-4-13-8-10-9(2)7-15-11(16-10)12-14-5-6-17(12)3/h5-7,13H,4,8H2,1-3H3. The van der Waals surface area contributed by atoms with E-state index >= 15 is 0 Å². The summed E-state index contributed by atoms with van der Waals surface area (Å²) >= 11 is 0. The average molecular weight is 231 g/mol. The minimum absolute atomic E-state index is 0.677. The molecule has 0 unspecified atom stereocenters. The maximum Gasteiger partial charge on any atom is 0.196 e. The molecule has 2 aromatic rings. The van der Waals surface area contributed by atoms with E-state index in [1.807, 2.05) is 30.9 Å². The van der Waals surface area contributed by atoms with Gasteiger partial charge in [0.2, 0.25) is 0 Å². The summed E-state index contributed by atoms with van der Waals surface area (Å²) in [6.45, 7) is 5.80. The molecule has 0 aliphatic heterocycles. The Labute approximate surface area is 101 Å². The van der Waals surface area contributed by atoms with Crippen molar-refractivity contribution in [3.63, 3.8) is 0 Å². The fourth-order valence-corrected chi connectivity index (χ4v) is 1.59. The van der Waals surface area contributed by atoms with Crippen LogP contribution in [-0.4, -0.2) is 26.1 Å². The third-order valence-electron chi connectivity index (χ3n) is 2.64. The van der Waals surface area contributed by atoms with Gasteiger partial charge in [-0.3, -0.25) is 0 Å². The molecule has 2 aromatic heterocycles. The summed E-state index contributed by atoms with van der Waals surface area (Å²) in [5, 5.41) is 3.28. The van der Waals surface area contributed by atoms with E-state index in [0.29, 0.717) is 5.82 Å². The highest BCUT2D eigenvalue weighted by Crippen LogP contribution is 2.13. The summed E-state index contributed by atoms with van der Waals surface area (Å²) in [4.78, 5) is 13.1. The number of hydrogen-bond acceptors (Lipinski definition) is 4. The smallest absolute Gasteiger partial charge is 0.196 e. The molecular formula is C12H17N5. The van der Waals surface area contributed by atoms with Crippen LogP contribution in [-0.2, 0) is 13.6 Å². The van der Waals surface area contributed by atoms with Crippen molar-refractivity contribution in [1.29, 1.82) is 0 Å². The molecular weight excluding hydrogens is 214 g/mol. The lowest BCUT2D eigenvalue weighted by atomic mass is 10.2. The van der Waals surface area contributed by atoms with Crippen molar-refractivity contribution in [2.24, 2.45) is 7.05 Å². The monoisotopic (exact) mass is 231 g/mol. The van der Waals surface area contributed by atoms with Crippen LogP contribution in [0, 0.1) is 6.92 Å². The molecule has 2 rings (SSSR count). The first-order chi connectivity index (χ1) is 8.22. The number of aryl methyl sites for hydroxylation is 2. The Morgan fingerprint density at radius 1 is 1.35 bits per heavy atom. The maximum atomic E-state index is 4.56. The molecule has 0 radical (unpaired) electrons. The molecule has 0 aliphatic carbocycles. The highest BCUT2D eigenvalue weighted by molar-refractivity contribution is 5.44. The van der Waals surface area contributed by atoms with Gasteiger partial charge in [0.05, 0.1) is 5.69 Å². The lowest BCUT2D eigenvalue weighted by Gasteiger charge is -2.07. The summed E-state index contributed by atoms with van der Waals surface area (Å²) < 4.78 is 1.92. The predicted octanol–water partition coefficient (Wildman–Crippen LogP) is 1.30. The highest BCUT2D eigenvalue weighted by atomic mass is 15.1. The third-order valence-corrected chi connectivity index (χ3v) is 2.64. The second-order valence-electron chi connectivity index (χ2n) is 3.97. The summed E-state index contributed by atoms with van der Waals surface area (Å²) in [7, 11) is 1.94. The first-order valence-corrected chi connectivity index (χ1v) is 5.73. The summed E-state index contributed by atoms with van der Waals surface area (Å²) in [6, 6.07) is 0. The molecule has 0 fully saturated rings. The Balaban J connectivity index is 2.34. The van der Waals surface area contributed by atoms with Gasteiger partial charge < -0.3 is 9.88 Å². The van der Waals surface area contributed by atoms with Crippen LogP contribution in [0.2, 0.25) is 0 Å². The fraction of sp³-hybridized carbons (Fsp3) is 0.417. The SMILES string of the molecule is CCNCc1nc(-c2nccn2C)ncc1C. The van der Waals surface area contributed by atoms with E-state index in [2.05, 4.69) is 27.2 Å². The van der Waals surface area contributed by atoms with E-state index in [-0.39, 0.29) is 0 Å². The van der Waals surface area contributed by atoms with Crippen LogP contribution < -0.4 is 5.32 Å². The second-order valence-corrected chi connectivity index (χ2v) is 3.97. The minimum atomic E-state index is 0.677. The molecule has 2 heterocycles. The number of aromatic nitrogens is 4. The maximum absolute atomic E-state index is 4.56. The number of imidazole rings is 1. The predicted molar refractivity (Wildman–Crippen MR) is 66.4 cm³/mol. The molecule has 0 aliphatic rings. The van der Waals surface area contributed by atoms with Gasteiger partial charge >= 0.3 is 0 Å². The van der Waals surface area contributed by atoms with Gasteiger partial charge in [-0.25, -0.2) is 15.0 Å². The minimum Gasteiger partial charge on any atom is -0.331 e. The summed E-state index contributed by atoms with van der Waals surface area (Å²) in [6.07, 6.45) is 5.49. The van der Waals surface area contributed by atoms with E-state index in [1.54, 1.807) is 6.20 Å². The topological polar surface area (TPSA) is 55.6 Å². The van der Waals surface area contributed by atoms with Crippen LogP contribution in [0.5, 0.6) is 0 Å². The molecule has 90 valence electrons. The molecule has 0 aromatic carbocycles. The summed E-state index contributed by atoms with van der Waals surface area (Å²) in [5.74, 6) is 1.47. The van der Waals surface area contributed by atoms with Crippen LogP contribution in [0.25, 0.3) is 11.6 Å². The molecule has 1 N–H and O–H groups in total. The molecule has 0 atom stereocenters. The number of nitrogens with one attached hydrogen (secondary N) is 1. The quantitative estimate of drug-likeness (QED) is 0.861. The van der Waals surface area contributed by atoms with Crippen molar-refractivity contribution in [3.05, 3.63) is 29.8 Å². The number of nitrogens with zero attached hydrogens (tertiary/aromatic N) is 4. The van der Waals surface area contributed by atoms with Crippen LogP contribution in [0.15, 0.2) is 18.6 Å². The Morgan fingerprint density at radius 3 is 2.82 bits per heavy atom. The zero-order valence-electron chi connectivity index (χ0n) is 10.4. The van der Waals surface area contributed by atoms with Crippen molar-refractivity contribution < 1.29 is 0 Å². The van der Waals surface area contributed by atoms with Crippen LogP contribution in [0.1, 0.15) is 18.2 Å².